The second kappa shape index (κ2) is 8.85. The van der Waals surface area contributed by atoms with E-state index in [0.717, 1.165) is 49.3 Å². The van der Waals surface area contributed by atoms with Gasteiger partial charge in [-0.25, -0.2) is 9.97 Å². The fourth-order valence-corrected chi connectivity index (χ4v) is 4.11. The number of anilines is 1. The molecule has 1 atom stereocenters. The minimum Gasteiger partial charge on any atom is -0.381 e. The molecule has 0 aliphatic carbocycles. The number of hydrogen-bond donors (Lipinski definition) is 1. The van der Waals surface area contributed by atoms with Gasteiger partial charge in [0.2, 0.25) is 5.95 Å². The van der Waals surface area contributed by atoms with E-state index in [9.17, 15) is 4.79 Å². The number of amides is 1. The third-order valence-electron chi connectivity index (χ3n) is 6.17. The first-order valence-electron chi connectivity index (χ1n) is 10.6. The van der Waals surface area contributed by atoms with Crippen LogP contribution in [0.4, 0.5) is 5.95 Å². The summed E-state index contributed by atoms with van der Waals surface area (Å²) in [5, 5.41) is 3.42. The van der Waals surface area contributed by atoms with Crippen molar-refractivity contribution in [2.45, 2.75) is 57.7 Å². The molecule has 1 aromatic heterocycles. The predicted octanol–water partition coefficient (Wildman–Crippen LogP) is 3.28. The molecule has 6 nitrogen and oxygen atoms in total. The first kappa shape index (κ1) is 20.4. The lowest BCUT2D eigenvalue weighted by Crippen LogP contribution is -2.41. The van der Waals surface area contributed by atoms with Crippen LogP contribution in [-0.4, -0.2) is 40.0 Å². The zero-order valence-corrected chi connectivity index (χ0v) is 17.6. The summed E-state index contributed by atoms with van der Waals surface area (Å²) in [6.45, 7) is 6.15. The van der Waals surface area contributed by atoms with Crippen LogP contribution in [-0.2, 0) is 28.0 Å². The van der Waals surface area contributed by atoms with Crippen LogP contribution < -0.4 is 5.32 Å². The first-order chi connectivity index (χ1) is 14.6. The van der Waals surface area contributed by atoms with Crippen LogP contribution in [0.15, 0.2) is 36.5 Å². The van der Waals surface area contributed by atoms with Crippen LogP contribution >= 0.6 is 0 Å². The topological polar surface area (TPSA) is 67.4 Å². The lowest BCUT2D eigenvalue weighted by Gasteiger charge is -2.33. The van der Waals surface area contributed by atoms with Crippen molar-refractivity contribution in [1.82, 2.24) is 14.9 Å². The Morgan fingerprint density at radius 3 is 2.80 bits per heavy atom. The van der Waals surface area contributed by atoms with E-state index < -0.39 is 5.54 Å². The molecule has 1 amide bonds. The highest BCUT2D eigenvalue weighted by atomic mass is 16.5. The van der Waals surface area contributed by atoms with E-state index in [2.05, 4.69) is 36.0 Å². The Hall–Kier alpha value is -2.91. The Morgan fingerprint density at radius 1 is 1.30 bits per heavy atom. The van der Waals surface area contributed by atoms with E-state index in [-0.39, 0.29) is 5.91 Å². The van der Waals surface area contributed by atoms with Crippen molar-refractivity contribution in [1.29, 1.82) is 0 Å². The fraction of sp³-hybridized carbons (Fsp3) is 0.458. The van der Waals surface area contributed by atoms with Crippen molar-refractivity contribution in [2.75, 3.05) is 18.5 Å². The number of fused-ring (bicyclic) bond motifs is 1. The molecular formula is C24H28N4O2. The molecule has 1 saturated heterocycles. The van der Waals surface area contributed by atoms with Crippen LogP contribution in [0.5, 0.6) is 0 Å². The van der Waals surface area contributed by atoms with Crippen molar-refractivity contribution in [3.8, 4) is 11.8 Å². The minimum absolute atomic E-state index is 0.160. The molecule has 2 aliphatic rings. The van der Waals surface area contributed by atoms with Gasteiger partial charge in [-0.2, -0.15) is 0 Å². The molecule has 6 heteroatoms. The second-order valence-corrected chi connectivity index (χ2v) is 8.07. The molecule has 1 N–H and O–H groups in total. The predicted molar refractivity (Wildman–Crippen MR) is 116 cm³/mol. The van der Waals surface area contributed by atoms with E-state index >= 15 is 0 Å². The van der Waals surface area contributed by atoms with Crippen molar-refractivity contribution in [3.63, 3.8) is 0 Å². The lowest BCUT2D eigenvalue weighted by molar-refractivity contribution is -0.131. The van der Waals surface area contributed by atoms with Crippen LogP contribution in [0, 0.1) is 11.8 Å². The summed E-state index contributed by atoms with van der Waals surface area (Å²) >= 11 is 0. The van der Waals surface area contributed by atoms with Crippen molar-refractivity contribution in [3.05, 3.63) is 53.3 Å². The highest BCUT2D eigenvalue weighted by Gasteiger charge is 2.43. The molecule has 0 bridgehead atoms. The smallest absolute Gasteiger partial charge is 0.299 e. The Bertz CT molecular complexity index is 960. The third-order valence-corrected chi connectivity index (χ3v) is 6.17. The van der Waals surface area contributed by atoms with Gasteiger partial charge < -0.3 is 15.0 Å². The van der Waals surface area contributed by atoms with Crippen LogP contribution in [0.25, 0.3) is 0 Å². The number of carbonyl (C=O) groups excluding carboxylic acids is 1. The zero-order valence-electron chi connectivity index (χ0n) is 17.6. The number of rotatable bonds is 4. The molecule has 30 heavy (non-hydrogen) atoms. The molecule has 4 rings (SSSR count). The van der Waals surface area contributed by atoms with E-state index in [1.807, 2.05) is 41.4 Å². The van der Waals surface area contributed by atoms with Gasteiger partial charge in [-0.3, -0.25) is 4.79 Å². The summed E-state index contributed by atoms with van der Waals surface area (Å²) < 4.78 is 5.42. The van der Waals surface area contributed by atoms with Gasteiger partial charge in [0, 0.05) is 37.4 Å². The number of benzene rings is 1. The van der Waals surface area contributed by atoms with E-state index in [1.54, 1.807) is 0 Å². The summed E-state index contributed by atoms with van der Waals surface area (Å²) in [6, 6.07) is 10.3. The van der Waals surface area contributed by atoms with Crippen LogP contribution in [0.3, 0.4) is 0 Å². The maximum absolute atomic E-state index is 13.0. The quantitative estimate of drug-likeness (QED) is 0.792. The second-order valence-electron chi connectivity index (χ2n) is 8.07. The molecule has 2 aromatic rings. The number of nitrogens with zero attached hydrogens (tertiary/aromatic N) is 3. The standard InChI is InChI=1S/C24H28N4O2/c1-3-24(2)20-16-25-23(26-19-12-14-30-15-13-19)27-21(20)17-28(24)22(29)11-7-10-18-8-5-4-6-9-18/h4-6,8-9,16,19H,3,10,12-15,17H2,1-2H3,(H,25,26,27). The number of nitrogens with one attached hydrogen (secondary N) is 1. The molecule has 1 aromatic carbocycles. The van der Waals surface area contributed by atoms with Crippen LogP contribution in [0.1, 0.15) is 49.9 Å². The summed E-state index contributed by atoms with van der Waals surface area (Å²) in [5.74, 6) is 6.34. The summed E-state index contributed by atoms with van der Waals surface area (Å²) in [4.78, 5) is 24.1. The van der Waals surface area contributed by atoms with Gasteiger partial charge in [0.25, 0.3) is 5.91 Å². The zero-order chi connectivity index (χ0) is 21.0. The molecule has 3 heterocycles. The molecule has 156 valence electrons. The Kier molecular flexibility index (Phi) is 6.01. The van der Waals surface area contributed by atoms with Gasteiger partial charge in [0.1, 0.15) is 0 Å². The molecular weight excluding hydrogens is 376 g/mol. The van der Waals surface area contributed by atoms with Gasteiger partial charge >= 0.3 is 0 Å². The van der Waals surface area contributed by atoms with Crippen LogP contribution in [0.2, 0.25) is 0 Å². The van der Waals surface area contributed by atoms with Crippen molar-refractivity contribution in [2.24, 2.45) is 0 Å². The van der Waals surface area contributed by atoms with Crippen molar-refractivity contribution >= 4 is 11.9 Å². The Balaban J connectivity index is 1.49. The van der Waals surface area contributed by atoms with Gasteiger partial charge in [0.15, 0.2) is 0 Å². The summed E-state index contributed by atoms with van der Waals surface area (Å²) in [5.41, 5.74) is 2.59. The molecule has 1 unspecified atom stereocenters. The molecule has 0 radical (unpaired) electrons. The fourth-order valence-electron chi connectivity index (χ4n) is 4.11. The van der Waals surface area contributed by atoms with Gasteiger partial charge in [-0.15, -0.1) is 0 Å². The minimum atomic E-state index is -0.439. The third kappa shape index (κ3) is 4.17. The average Bonchev–Trinajstić information content (AvgIpc) is 3.08. The maximum Gasteiger partial charge on any atom is 0.299 e. The first-order valence-corrected chi connectivity index (χ1v) is 10.6. The summed E-state index contributed by atoms with van der Waals surface area (Å²) in [7, 11) is 0. The van der Waals surface area contributed by atoms with E-state index in [1.165, 1.54) is 0 Å². The largest absolute Gasteiger partial charge is 0.381 e. The molecule has 0 saturated carbocycles. The van der Waals surface area contributed by atoms with Gasteiger partial charge in [0.05, 0.1) is 17.8 Å². The number of aromatic nitrogens is 2. The van der Waals surface area contributed by atoms with E-state index in [4.69, 9.17) is 9.72 Å². The SMILES string of the molecule is CCC1(C)c2cnc(NC3CCOCC3)nc2CN1C(=O)C#CCc1ccccc1. The monoisotopic (exact) mass is 404 g/mol. The average molecular weight is 405 g/mol. The lowest BCUT2D eigenvalue weighted by atomic mass is 9.91. The maximum atomic E-state index is 13.0. The Labute approximate surface area is 178 Å². The molecule has 1 fully saturated rings. The van der Waals surface area contributed by atoms with E-state index in [0.29, 0.717) is 25.0 Å². The van der Waals surface area contributed by atoms with Gasteiger partial charge in [-0.1, -0.05) is 43.2 Å². The Morgan fingerprint density at radius 2 is 2.07 bits per heavy atom. The normalized spacial score (nSPS) is 20.9. The number of carbonyl (C=O) groups is 1. The highest BCUT2D eigenvalue weighted by molar-refractivity contribution is 5.94. The number of ether oxygens (including phenoxy) is 1. The summed E-state index contributed by atoms with van der Waals surface area (Å²) in [6.07, 6.45) is 5.12. The molecule has 0 spiro atoms. The van der Waals surface area contributed by atoms with Gasteiger partial charge in [-0.05, 0) is 37.7 Å². The highest BCUT2D eigenvalue weighted by Crippen LogP contribution is 2.40. The number of hydrogen-bond acceptors (Lipinski definition) is 5. The molecule has 2 aliphatic heterocycles. The van der Waals surface area contributed by atoms with Crippen molar-refractivity contribution < 1.29 is 9.53 Å².